The summed E-state index contributed by atoms with van der Waals surface area (Å²) in [6.45, 7) is 6.58. The summed E-state index contributed by atoms with van der Waals surface area (Å²) in [4.78, 5) is 11.0. The molecule has 0 fully saturated rings. The molecule has 1 aromatic carbocycles. The fourth-order valence-corrected chi connectivity index (χ4v) is 1.29. The highest BCUT2D eigenvalue weighted by Gasteiger charge is 2.12. The topological polar surface area (TPSA) is 46.5 Å². The van der Waals surface area contributed by atoms with E-state index >= 15 is 0 Å². The number of hydrogen-bond donors (Lipinski definition) is 1. The third-order valence-corrected chi connectivity index (χ3v) is 2.59. The second-order valence-electron chi connectivity index (χ2n) is 4.13. The van der Waals surface area contributed by atoms with Crippen molar-refractivity contribution in [3.63, 3.8) is 0 Å². The standard InChI is InChI=1S/C13H18O3/c1-4-9(2)8-16-12-6-5-10(3)7-11(12)13(14)15/h5-7,9H,4,8H2,1-3H3,(H,14,15). The molecule has 0 aromatic heterocycles. The summed E-state index contributed by atoms with van der Waals surface area (Å²) < 4.78 is 5.53. The average Bonchev–Trinajstić information content (AvgIpc) is 2.26. The van der Waals surface area contributed by atoms with Crippen LogP contribution >= 0.6 is 0 Å². The zero-order valence-corrected chi connectivity index (χ0v) is 9.99. The van der Waals surface area contributed by atoms with Crippen LogP contribution < -0.4 is 4.74 Å². The van der Waals surface area contributed by atoms with Crippen LogP contribution in [0.15, 0.2) is 18.2 Å². The number of carboxylic acids is 1. The summed E-state index contributed by atoms with van der Waals surface area (Å²) in [5.41, 5.74) is 1.16. The second-order valence-corrected chi connectivity index (χ2v) is 4.13. The first-order chi connectivity index (χ1) is 7.54. The van der Waals surface area contributed by atoms with E-state index in [1.165, 1.54) is 0 Å². The minimum Gasteiger partial charge on any atom is -0.492 e. The Morgan fingerprint density at radius 1 is 1.50 bits per heavy atom. The van der Waals surface area contributed by atoms with Crippen LogP contribution in [-0.4, -0.2) is 17.7 Å². The molecule has 0 aliphatic heterocycles. The van der Waals surface area contributed by atoms with E-state index in [1.54, 1.807) is 12.1 Å². The highest BCUT2D eigenvalue weighted by molar-refractivity contribution is 5.91. The molecule has 0 saturated carbocycles. The van der Waals surface area contributed by atoms with Crippen LogP contribution in [0.1, 0.15) is 36.2 Å². The van der Waals surface area contributed by atoms with Gasteiger partial charge in [0.25, 0.3) is 0 Å². The Bertz CT molecular complexity index is 371. The number of carboxylic acid groups (broad SMARTS) is 1. The number of hydrogen-bond acceptors (Lipinski definition) is 2. The first-order valence-electron chi connectivity index (χ1n) is 5.51. The summed E-state index contributed by atoms with van der Waals surface area (Å²) in [7, 11) is 0. The lowest BCUT2D eigenvalue weighted by Crippen LogP contribution is -2.10. The van der Waals surface area contributed by atoms with Gasteiger partial charge in [0.2, 0.25) is 0 Å². The van der Waals surface area contributed by atoms with Crippen molar-refractivity contribution < 1.29 is 14.6 Å². The number of aryl methyl sites for hydroxylation is 1. The van der Waals surface area contributed by atoms with Crippen LogP contribution in [0.2, 0.25) is 0 Å². The average molecular weight is 222 g/mol. The Hall–Kier alpha value is -1.51. The van der Waals surface area contributed by atoms with Gasteiger partial charge in [-0.25, -0.2) is 4.79 Å². The summed E-state index contributed by atoms with van der Waals surface area (Å²) >= 11 is 0. The van der Waals surface area contributed by atoms with E-state index in [1.807, 2.05) is 13.0 Å². The molecular weight excluding hydrogens is 204 g/mol. The van der Waals surface area contributed by atoms with Crippen molar-refractivity contribution in [1.82, 2.24) is 0 Å². The first kappa shape index (κ1) is 12.6. The first-order valence-corrected chi connectivity index (χ1v) is 5.51. The number of benzene rings is 1. The fraction of sp³-hybridized carbons (Fsp3) is 0.462. The van der Waals surface area contributed by atoms with Crippen LogP contribution in [0.3, 0.4) is 0 Å². The van der Waals surface area contributed by atoms with E-state index < -0.39 is 5.97 Å². The minimum atomic E-state index is -0.942. The molecule has 0 heterocycles. The van der Waals surface area contributed by atoms with E-state index in [0.717, 1.165) is 12.0 Å². The number of rotatable bonds is 5. The highest BCUT2D eigenvalue weighted by Crippen LogP contribution is 2.21. The van der Waals surface area contributed by atoms with Crippen LogP contribution in [0.25, 0.3) is 0 Å². The van der Waals surface area contributed by atoms with Crippen molar-refractivity contribution in [3.8, 4) is 5.75 Å². The molecule has 0 spiro atoms. The van der Waals surface area contributed by atoms with Gasteiger partial charge in [-0.3, -0.25) is 0 Å². The molecule has 0 radical (unpaired) electrons. The van der Waals surface area contributed by atoms with E-state index in [9.17, 15) is 4.79 Å². The maximum absolute atomic E-state index is 11.0. The quantitative estimate of drug-likeness (QED) is 0.832. The largest absolute Gasteiger partial charge is 0.492 e. The van der Waals surface area contributed by atoms with Gasteiger partial charge in [0.15, 0.2) is 0 Å². The van der Waals surface area contributed by atoms with Crippen molar-refractivity contribution in [1.29, 1.82) is 0 Å². The van der Waals surface area contributed by atoms with Crippen molar-refractivity contribution in [2.45, 2.75) is 27.2 Å². The summed E-state index contributed by atoms with van der Waals surface area (Å²) in [5, 5.41) is 9.03. The molecule has 16 heavy (non-hydrogen) atoms. The molecule has 0 aliphatic rings. The van der Waals surface area contributed by atoms with Crippen LogP contribution in [0.4, 0.5) is 0 Å². The van der Waals surface area contributed by atoms with Gasteiger partial charge in [-0.15, -0.1) is 0 Å². The number of carbonyl (C=O) groups is 1. The fourth-order valence-electron chi connectivity index (χ4n) is 1.29. The molecule has 1 aromatic rings. The molecular formula is C13H18O3. The highest BCUT2D eigenvalue weighted by atomic mass is 16.5. The summed E-state index contributed by atoms with van der Waals surface area (Å²) in [6.07, 6.45) is 1.02. The summed E-state index contributed by atoms with van der Waals surface area (Å²) in [6, 6.07) is 5.22. The Labute approximate surface area is 96.1 Å². The Morgan fingerprint density at radius 3 is 2.75 bits per heavy atom. The predicted molar refractivity (Wildman–Crippen MR) is 63.1 cm³/mol. The van der Waals surface area contributed by atoms with E-state index in [0.29, 0.717) is 18.3 Å². The molecule has 1 rings (SSSR count). The third-order valence-electron chi connectivity index (χ3n) is 2.59. The van der Waals surface area contributed by atoms with E-state index in [2.05, 4.69) is 13.8 Å². The lowest BCUT2D eigenvalue weighted by Gasteiger charge is -2.13. The smallest absolute Gasteiger partial charge is 0.339 e. The van der Waals surface area contributed by atoms with Gasteiger partial charge in [-0.05, 0) is 25.0 Å². The molecule has 0 saturated heterocycles. The molecule has 0 aliphatic carbocycles. The number of ether oxygens (including phenoxy) is 1. The third kappa shape index (κ3) is 3.26. The lowest BCUT2D eigenvalue weighted by atomic mass is 10.1. The van der Waals surface area contributed by atoms with Gasteiger partial charge in [-0.2, -0.15) is 0 Å². The molecule has 1 atom stereocenters. The maximum atomic E-state index is 11.0. The number of aromatic carboxylic acids is 1. The molecule has 0 bridgehead atoms. The van der Waals surface area contributed by atoms with Crippen molar-refractivity contribution >= 4 is 5.97 Å². The van der Waals surface area contributed by atoms with Gasteiger partial charge >= 0.3 is 5.97 Å². The SMILES string of the molecule is CCC(C)COc1ccc(C)cc1C(=O)O. The minimum absolute atomic E-state index is 0.239. The molecule has 3 nitrogen and oxygen atoms in total. The molecule has 1 N–H and O–H groups in total. The van der Waals surface area contributed by atoms with Crippen LogP contribution in [0.5, 0.6) is 5.75 Å². The van der Waals surface area contributed by atoms with Crippen LogP contribution in [0, 0.1) is 12.8 Å². The van der Waals surface area contributed by atoms with Gasteiger partial charge in [0.1, 0.15) is 11.3 Å². The lowest BCUT2D eigenvalue weighted by molar-refractivity contribution is 0.0691. The van der Waals surface area contributed by atoms with Gasteiger partial charge < -0.3 is 9.84 Å². The Kier molecular flexibility index (Phi) is 4.35. The monoisotopic (exact) mass is 222 g/mol. The molecule has 0 amide bonds. The Balaban J connectivity index is 2.82. The summed E-state index contributed by atoms with van der Waals surface area (Å²) in [5.74, 6) is -0.0517. The zero-order valence-electron chi connectivity index (χ0n) is 9.99. The molecule has 1 unspecified atom stereocenters. The molecule has 3 heteroatoms. The molecule has 88 valence electrons. The normalized spacial score (nSPS) is 12.2. The van der Waals surface area contributed by atoms with Gasteiger partial charge in [0, 0.05) is 0 Å². The van der Waals surface area contributed by atoms with Crippen LogP contribution in [-0.2, 0) is 0 Å². The maximum Gasteiger partial charge on any atom is 0.339 e. The second kappa shape index (κ2) is 5.54. The van der Waals surface area contributed by atoms with E-state index in [4.69, 9.17) is 9.84 Å². The van der Waals surface area contributed by atoms with Crippen molar-refractivity contribution in [3.05, 3.63) is 29.3 Å². The predicted octanol–water partition coefficient (Wildman–Crippen LogP) is 3.12. The van der Waals surface area contributed by atoms with Gasteiger partial charge in [-0.1, -0.05) is 31.9 Å². The van der Waals surface area contributed by atoms with Crippen molar-refractivity contribution in [2.75, 3.05) is 6.61 Å². The van der Waals surface area contributed by atoms with E-state index in [-0.39, 0.29) is 5.56 Å². The van der Waals surface area contributed by atoms with Crippen molar-refractivity contribution in [2.24, 2.45) is 5.92 Å². The van der Waals surface area contributed by atoms with Gasteiger partial charge in [0.05, 0.1) is 6.61 Å². The zero-order chi connectivity index (χ0) is 12.1. The Morgan fingerprint density at radius 2 is 2.19 bits per heavy atom.